The minimum atomic E-state index is -2.92. The van der Waals surface area contributed by atoms with Crippen LogP contribution in [0.15, 0.2) is 42.5 Å². The maximum absolute atomic E-state index is 12.4. The molecule has 0 saturated carbocycles. The zero-order valence-corrected chi connectivity index (χ0v) is 13.9. The predicted molar refractivity (Wildman–Crippen MR) is 88.2 cm³/mol. The van der Waals surface area contributed by atoms with Gasteiger partial charge in [-0.15, -0.1) is 0 Å². The van der Waals surface area contributed by atoms with E-state index in [0.717, 1.165) is 0 Å². The van der Waals surface area contributed by atoms with Crippen molar-refractivity contribution in [2.75, 3.05) is 14.2 Å². The van der Waals surface area contributed by atoms with Gasteiger partial charge < -0.3 is 19.5 Å². The zero-order valence-electron chi connectivity index (χ0n) is 13.9. The lowest BCUT2D eigenvalue weighted by molar-refractivity contribution is -0.120. The van der Waals surface area contributed by atoms with Crippen molar-refractivity contribution >= 4 is 5.91 Å². The lowest BCUT2D eigenvalue weighted by Gasteiger charge is -2.13. The monoisotopic (exact) mass is 351 g/mol. The number of nitrogens with one attached hydrogen (secondary N) is 1. The van der Waals surface area contributed by atoms with Crippen molar-refractivity contribution in [2.45, 2.75) is 19.6 Å². The molecule has 0 atom stereocenters. The molecule has 7 heteroatoms. The lowest BCUT2D eigenvalue weighted by Crippen LogP contribution is -2.25. The number of carbonyl (C=O) groups excluding carboxylic acids is 1. The molecule has 2 rings (SSSR count). The van der Waals surface area contributed by atoms with Crippen LogP contribution in [0.1, 0.15) is 11.1 Å². The van der Waals surface area contributed by atoms with Crippen molar-refractivity contribution in [3.63, 3.8) is 0 Å². The molecule has 0 bridgehead atoms. The zero-order chi connectivity index (χ0) is 18.2. The van der Waals surface area contributed by atoms with E-state index in [4.69, 9.17) is 9.47 Å². The Morgan fingerprint density at radius 1 is 1.04 bits per heavy atom. The van der Waals surface area contributed by atoms with Gasteiger partial charge in [-0.3, -0.25) is 4.79 Å². The molecule has 0 aliphatic heterocycles. The largest absolute Gasteiger partial charge is 0.497 e. The minimum absolute atomic E-state index is 0.0415. The average molecular weight is 351 g/mol. The van der Waals surface area contributed by atoms with Crippen molar-refractivity contribution in [2.24, 2.45) is 0 Å². The second kappa shape index (κ2) is 8.86. The van der Waals surface area contributed by atoms with Gasteiger partial charge in [0.1, 0.15) is 17.2 Å². The van der Waals surface area contributed by atoms with Gasteiger partial charge in [0, 0.05) is 23.7 Å². The number of hydrogen-bond acceptors (Lipinski definition) is 4. The van der Waals surface area contributed by atoms with Crippen LogP contribution >= 0.6 is 0 Å². The van der Waals surface area contributed by atoms with Crippen LogP contribution in [-0.2, 0) is 17.8 Å². The molecular weight excluding hydrogens is 332 g/mol. The van der Waals surface area contributed by atoms with Crippen molar-refractivity contribution in [1.29, 1.82) is 0 Å². The average Bonchev–Trinajstić information content (AvgIpc) is 2.61. The third kappa shape index (κ3) is 5.34. The van der Waals surface area contributed by atoms with E-state index < -0.39 is 6.61 Å². The molecule has 1 amide bonds. The van der Waals surface area contributed by atoms with E-state index in [1.807, 2.05) is 0 Å². The standard InChI is InChI=1S/C18H19F2NO4/c1-23-14-8-7-12(16(10-14)24-2)9-17(22)21-11-13-5-3-4-6-15(13)25-18(19)20/h3-8,10,18H,9,11H2,1-2H3,(H,21,22). The summed E-state index contributed by atoms with van der Waals surface area (Å²) in [6.07, 6.45) is 0.0883. The maximum Gasteiger partial charge on any atom is 0.387 e. The molecule has 0 fully saturated rings. The first-order valence-electron chi connectivity index (χ1n) is 7.53. The number of rotatable bonds is 8. The van der Waals surface area contributed by atoms with Crippen LogP contribution in [0.2, 0.25) is 0 Å². The number of para-hydroxylation sites is 1. The van der Waals surface area contributed by atoms with E-state index in [2.05, 4.69) is 10.1 Å². The van der Waals surface area contributed by atoms with Gasteiger partial charge in [0.25, 0.3) is 0 Å². The van der Waals surface area contributed by atoms with Gasteiger partial charge in [0.15, 0.2) is 0 Å². The van der Waals surface area contributed by atoms with E-state index in [-0.39, 0.29) is 24.6 Å². The second-order valence-corrected chi connectivity index (χ2v) is 5.12. The topological polar surface area (TPSA) is 56.8 Å². The first kappa shape index (κ1) is 18.5. The van der Waals surface area contributed by atoms with Crippen LogP contribution < -0.4 is 19.5 Å². The summed E-state index contributed by atoms with van der Waals surface area (Å²) >= 11 is 0. The Bertz CT molecular complexity index is 722. The number of amides is 1. The van der Waals surface area contributed by atoms with Gasteiger partial charge in [-0.2, -0.15) is 8.78 Å². The molecule has 0 aliphatic carbocycles. The third-order valence-electron chi connectivity index (χ3n) is 3.51. The number of benzene rings is 2. The molecule has 2 aromatic carbocycles. The predicted octanol–water partition coefficient (Wildman–Crippen LogP) is 3.16. The Morgan fingerprint density at radius 3 is 2.48 bits per heavy atom. The smallest absolute Gasteiger partial charge is 0.387 e. The Hall–Kier alpha value is -2.83. The fourth-order valence-electron chi connectivity index (χ4n) is 2.29. The second-order valence-electron chi connectivity index (χ2n) is 5.12. The number of ether oxygens (including phenoxy) is 3. The summed E-state index contributed by atoms with van der Waals surface area (Å²) in [5.74, 6) is 0.935. The fraction of sp³-hybridized carbons (Fsp3) is 0.278. The number of halogens is 2. The molecule has 0 unspecified atom stereocenters. The summed E-state index contributed by atoms with van der Waals surface area (Å²) in [6, 6.07) is 11.5. The van der Waals surface area contributed by atoms with Gasteiger partial charge in [-0.1, -0.05) is 24.3 Å². The molecule has 0 heterocycles. The molecule has 134 valence electrons. The molecule has 0 radical (unpaired) electrons. The number of methoxy groups -OCH3 is 2. The van der Waals surface area contributed by atoms with E-state index in [9.17, 15) is 13.6 Å². The highest BCUT2D eigenvalue weighted by atomic mass is 19.3. The van der Waals surface area contributed by atoms with Crippen molar-refractivity contribution in [1.82, 2.24) is 5.32 Å². The number of carbonyl (C=O) groups is 1. The molecule has 2 aromatic rings. The molecule has 0 aromatic heterocycles. The molecule has 0 saturated heterocycles. The van der Waals surface area contributed by atoms with Crippen LogP contribution in [-0.4, -0.2) is 26.7 Å². The molecular formula is C18H19F2NO4. The summed E-state index contributed by atoms with van der Waals surface area (Å²) in [6.45, 7) is -2.83. The van der Waals surface area contributed by atoms with Gasteiger partial charge in [-0.25, -0.2) is 0 Å². The summed E-state index contributed by atoms with van der Waals surface area (Å²) in [5.41, 5.74) is 1.16. The highest BCUT2D eigenvalue weighted by Gasteiger charge is 2.12. The van der Waals surface area contributed by atoms with E-state index in [1.54, 1.807) is 43.5 Å². The highest BCUT2D eigenvalue weighted by molar-refractivity contribution is 5.79. The summed E-state index contributed by atoms with van der Waals surface area (Å²) in [4.78, 5) is 12.2. The van der Waals surface area contributed by atoms with Gasteiger partial charge in [-0.05, 0) is 12.1 Å². The Labute approximate surface area is 144 Å². The Morgan fingerprint density at radius 2 is 1.80 bits per heavy atom. The quantitative estimate of drug-likeness (QED) is 0.794. The molecule has 1 N–H and O–H groups in total. The maximum atomic E-state index is 12.4. The van der Waals surface area contributed by atoms with Crippen LogP contribution in [0.25, 0.3) is 0 Å². The van der Waals surface area contributed by atoms with Crippen molar-refractivity contribution < 1.29 is 27.8 Å². The SMILES string of the molecule is COc1ccc(CC(=O)NCc2ccccc2OC(F)F)c(OC)c1. The van der Waals surface area contributed by atoms with E-state index in [1.165, 1.54) is 13.2 Å². The first-order valence-corrected chi connectivity index (χ1v) is 7.53. The lowest BCUT2D eigenvalue weighted by atomic mass is 10.1. The van der Waals surface area contributed by atoms with Crippen LogP contribution in [0.5, 0.6) is 17.2 Å². The molecule has 0 aliphatic rings. The summed E-state index contributed by atoms with van der Waals surface area (Å²) in [7, 11) is 3.05. The van der Waals surface area contributed by atoms with Crippen molar-refractivity contribution in [3.8, 4) is 17.2 Å². The normalized spacial score (nSPS) is 10.4. The Balaban J connectivity index is 2.00. The van der Waals surface area contributed by atoms with Gasteiger partial charge >= 0.3 is 6.61 Å². The summed E-state index contributed by atoms with van der Waals surface area (Å²) < 4.78 is 39.6. The molecule has 25 heavy (non-hydrogen) atoms. The van der Waals surface area contributed by atoms with Crippen LogP contribution in [0, 0.1) is 0 Å². The Kier molecular flexibility index (Phi) is 6.56. The fourth-order valence-corrected chi connectivity index (χ4v) is 2.29. The number of hydrogen-bond donors (Lipinski definition) is 1. The van der Waals surface area contributed by atoms with Crippen molar-refractivity contribution in [3.05, 3.63) is 53.6 Å². The molecule has 5 nitrogen and oxygen atoms in total. The number of alkyl halides is 2. The van der Waals surface area contributed by atoms with Crippen LogP contribution in [0.3, 0.4) is 0 Å². The minimum Gasteiger partial charge on any atom is -0.497 e. The summed E-state index contributed by atoms with van der Waals surface area (Å²) in [5, 5.41) is 2.69. The molecule has 0 spiro atoms. The van der Waals surface area contributed by atoms with Crippen LogP contribution in [0.4, 0.5) is 8.78 Å². The third-order valence-corrected chi connectivity index (χ3v) is 3.51. The first-order chi connectivity index (χ1) is 12.0. The highest BCUT2D eigenvalue weighted by Crippen LogP contribution is 2.25. The van der Waals surface area contributed by atoms with Gasteiger partial charge in [0.05, 0.1) is 20.6 Å². The van der Waals surface area contributed by atoms with E-state index >= 15 is 0 Å². The van der Waals surface area contributed by atoms with Gasteiger partial charge in [0.2, 0.25) is 5.91 Å². The van der Waals surface area contributed by atoms with E-state index in [0.29, 0.717) is 22.6 Å².